The average molecular weight is 335 g/mol. The van der Waals surface area contributed by atoms with Crippen molar-refractivity contribution in [3.63, 3.8) is 0 Å². The van der Waals surface area contributed by atoms with Crippen molar-refractivity contribution in [2.75, 3.05) is 12.3 Å². The van der Waals surface area contributed by atoms with Gasteiger partial charge in [0, 0.05) is 12.2 Å². The van der Waals surface area contributed by atoms with Crippen molar-refractivity contribution in [1.29, 1.82) is 0 Å². The van der Waals surface area contributed by atoms with Gasteiger partial charge in [0.25, 0.3) is 0 Å². The second kappa shape index (κ2) is 9.73. The Hall–Kier alpha value is -2.14. The number of aliphatic carboxylic acids is 2. The van der Waals surface area contributed by atoms with E-state index in [1.54, 1.807) is 0 Å². The monoisotopic (exact) mass is 335 g/mol. The van der Waals surface area contributed by atoms with Crippen LogP contribution in [0.5, 0.6) is 0 Å². The van der Waals surface area contributed by atoms with Gasteiger partial charge in [0.1, 0.15) is 18.6 Å². The molecule has 124 valence electrons. The summed E-state index contributed by atoms with van der Waals surface area (Å²) < 4.78 is 0. The first-order valence-electron chi connectivity index (χ1n) is 6.09. The van der Waals surface area contributed by atoms with E-state index >= 15 is 0 Å². The van der Waals surface area contributed by atoms with E-state index in [1.807, 2.05) is 5.32 Å². The summed E-state index contributed by atoms with van der Waals surface area (Å²) in [7, 11) is 0. The van der Waals surface area contributed by atoms with E-state index in [9.17, 15) is 24.0 Å². The topological polar surface area (TPSA) is 167 Å². The number of hydrogen-bond acceptors (Lipinski definition) is 7. The predicted octanol–water partition coefficient (Wildman–Crippen LogP) is -2.34. The summed E-state index contributed by atoms with van der Waals surface area (Å²) in [5.74, 6) is -4.48. The third-order valence-corrected chi connectivity index (χ3v) is 2.96. The maximum absolute atomic E-state index is 11.9. The van der Waals surface area contributed by atoms with Crippen LogP contribution in [-0.2, 0) is 24.0 Å². The fraction of sp³-hybridized carbons (Fsp3) is 0.545. The van der Waals surface area contributed by atoms with E-state index < -0.39 is 42.4 Å². The van der Waals surface area contributed by atoms with Crippen molar-refractivity contribution in [3.05, 3.63) is 0 Å². The molecule has 10 nitrogen and oxygen atoms in total. The molecule has 0 rings (SSSR count). The van der Waals surface area contributed by atoms with Crippen molar-refractivity contribution < 1.29 is 34.2 Å². The summed E-state index contributed by atoms with van der Waals surface area (Å²) in [6, 6.07) is -2.57. The van der Waals surface area contributed by atoms with E-state index in [0.717, 1.165) is 0 Å². The molecule has 0 radical (unpaired) electrons. The number of thiol groups is 1. The van der Waals surface area contributed by atoms with Crippen molar-refractivity contribution in [1.82, 2.24) is 10.2 Å². The molecule has 0 fully saturated rings. The van der Waals surface area contributed by atoms with E-state index in [1.165, 1.54) is 0 Å². The van der Waals surface area contributed by atoms with E-state index in [-0.39, 0.29) is 25.0 Å². The molecule has 2 unspecified atom stereocenters. The molecule has 22 heavy (non-hydrogen) atoms. The molecule has 0 aliphatic rings. The van der Waals surface area contributed by atoms with Crippen molar-refractivity contribution in [2.24, 2.45) is 5.73 Å². The van der Waals surface area contributed by atoms with Gasteiger partial charge in [-0.2, -0.15) is 12.6 Å². The van der Waals surface area contributed by atoms with Gasteiger partial charge in [0.05, 0.1) is 0 Å². The third-order valence-electron chi connectivity index (χ3n) is 2.61. The number of nitrogens with zero attached hydrogens (tertiary/aromatic N) is 1. The summed E-state index contributed by atoms with van der Waals surface area (Å²) in [5, 5.41) is 19.1. The van der Waals surface area contributed by atoms with Crippen LogP contribution in [-0.4, -0.2) is 69.7 Å². The maximum atomic E-state index is 11.9. The fourth-order valence-electron chi connectivity index (χ4n) is 1.42. The number of nitrogens with one attached hydrogen (secondary N) is 1. The molecule has 2 atom stereocenters. The minimum absolute atomic E-state index is 0.107. The van der Waals surface area contributed by atoms with Crippen molar-refractivity contribution in [2.45, 2.75) is 24.9 Å². The van der Waals surface area contributed by atoms with Gasteiger partial charge < -0.3 is 21.3 Å². The first-order valence-corrected chi connectivity index (χ1v) is 6.73. The summed E-state index contributed by atoms with van der Waals surface area (Å²) in [6.45, 7) is -0.673. The number of hydrogen-bond donors (Lipinski definition) is 5. The predicted molar refractivity (Wildman–Crippen MR) is 76.0 cm³/mol. The van der Waals surface area contributed by atoms with Crippen LogP contribution in [0.3, 0.4) is 0 Å². The summed E-state index contributed by atoms with van der Waals surface area (Å²) >= 11 is 3.85. The molecular weight excluding hydrogens is 318 g/mol. The first kappa shape index (κ1) is 19.9. The Labute approximate surface area is 131 Å². The number of imide groups is 1. The minimum Gasteiger partial charge on any atom is -0.480 e. The molecule has 0 heterocycles. The maximum Gasteiger partial charge on any atom is 0.322 e. The summed E-state index contributed by atoms with van der Waals surface area (Å²) in [4.78, 5) is 56.1. The van der Waals surface area contributed by atoms with Gasteiger partial charge in [-0.3, -0.25) is 28.9 Å². The zero-order valence-corrected chi connectivity index (χ0v) is 12.4. The molecule has 5 N–H and O–H groups in total. The van der Waals surface area contributed by atoms with Gasteiger partial charge in [0.15, 0.2) is 0 Å². The molecule has 0 spiro atoms. The fourth-order valence-corrected chi connectivity index (χ4v) is 1.76. The van der Waals surface area contributed by atoms with Gasteiger partial charge in [-0.15, -0.1) is 0 Å². The largest absolute Gasteiger partial charge is 0.480 e. The van der Waals surface area contributed by atoms with Gasteiger partial charge in [-0.1, -0.05) is 0 Å². The highest BCUT2D eigenvalue weighted by molar-refractivity contribution is 7.80. The molecule has 0 bridgehead atoms. The number of rotatable bonds is 10. The number of nitrogens with two attached hydrogens (primary N) is 1. The van der Waals surface area contributed by atoms with Crippen molar-refractivity contribution >= 4 is 42.8 Å². The molecule has 0 aromatic carbocycles. The molecule has 0 aromatic heterocycles. The number of carbonyl (C=O) groups excluding carboxylic acids is 3. The highest BCUT2D eigenvalue weighted by Gasteiger charge is 2.29. The smallest absolute Gasteiger partial charge is 0.322 e. The molecule has 0 aliphatic carbocycles. The highest BCUT2D eigenvalue weighted by atomic mass is 32.1. The SMILES string of the molecule is NC(CCC(=O)N(C=O)C(CS)C(=O)NCC(=O)O)C(=O)O. The zero-order chi connectivity index (χ0) is 17.3. The normalized spacial score (nSPS) is 12.8. The van der Waals surface area contributed by atoms with Crippen LogP contribution >= 0.6 is 12.6 Å². The van der Waals surface area contributed by atoms with Gasteiger partial charge in [-0.25, -0.2) is 0 Å². The van der Waals surface area contributed by atoms with E-state index in [2.05, 4.69) is 12.6 Å². The van der Waals surface area contributed by atoms with Crippen LogP contribution in [0.4, 0.5) is 0 Å². The first-order chi connectivity index (χ1) is 10.2. The standard InChI is InChI=1S/C11H17N3O7S/c12-6(11(20)21)1-2-8(16)14(5-15)7(4-22)10(19)13-3-9(17)18/h5-7,22H,1-4,12H2,(H,13,19)(H,17,18)(H,20,21). The molecule has 0 aromatic rings. The van der Waals surface area contributed by atoms with Crippen molar-refractivity contribution in [3.8, 4) is 0 Å². The van der Waals surface area contributed by atoms with E-state index in [4.69, 9.17) is 15.9 Å². The second-order valence-electron chi connectivity index (χ2n) is 4.20. The van der Waals surface area contributed by atoms with Crippen LogP contribution in [0, 0.1) is 0 Å². The molecular formula is C11H17N3O7S. The van der Waals surface area contributed by atoms with Gasteiger partial charge >= 0.3 is 11.9 Å². The average Bonchev–Trinajstić information content (AvgIpc) is 2.46. The number of amides is 3. The molecule has 0 saturated carbocycles. The quantitative estimate of drug-likeness (QED) is 0.219. The second-order valence-corrected chi connectivity index (χ2v) is 4.56. The Bertz CT molecular complexity index is 457. The molecule has 0 saturated heterocycles. The summed E-state index contributed by atoms with van der Waals surface area (Å²) in [5.41, 5.74) is 5.24. The Morgan fingerprint density at radius 3 is 2.27 bits per heavy atom. The molecule has 11 heteroatoms. The molecule has 0 aliphatic heterocycles. The van der Waals surface area contributed by atoms with Crippen LogP contribution in [0.25, 0.3) is 0 Å². The lowest BCUT2D eigenvalue weighted by Gasteiger charge is -2.24. The van der Waals surface area contributed by atoms with Crippen LogP contribution in [0.2, 0.25) is 0 Å². The third kappa shape index (κ3) is 6.54. The lowest BCUT2D eigenvalue weighted by molar-refractivity contribution is -0.146. The zero-order valence-electron chi connectivity index (χ0n) is 11.5. The number of carboxylic acids is 2. The van der Waals surface area contributed by atoms with Gasteiger partial charge in [-0.05, 0) is 6.42 Å². The minimum atomic E-state index is -1.30. The summed E-state index contributed by atoms with van der Waals surface area (Å²) in [6.07, 6.45) is -0.465. The molecule has 3 amide bonds. The Morgan fingerprint density at radius 1 is 1.27 bits per heavy atom. The Balaban J connectivity index is 4.77. The number of carboxylic acid groups (broad SMARTS) is 2. The highest BCUT2D eigenvalue weighted by Crippen LogP contribution is 2.06. The van der Waals surface area contributed by atoms with E-state index in [0.29, 0.717) is 4.90 Å². The Kier molecular flexibility index (Phi) is 8.79. The van der Waals surface area contributed by atoms with Crippen LogP contribution < -0.4 is 11.1 Å². The lowest BCUT2D eigenvalue weighted by atomic mass is 10.1. The van der Waals surface area contributed by atoms with Crippen LogP contribution in [0.15, 0.2) is 0 Å². The number of carbonyl (C=O) groups is 5. The van der Waals surface area contributed by atoms with Crippen LogP contribution in [0.1, 0.15) is 12.8 Å². The lowest BCUT2D eigenvalue weighted by Crippen LogP contribution is -2.51. The van der Waals surface area contributed by atoms with Gasteiger partial charge in [0.2, 0.25) is 18.2 Å². The Morgan fingerprint density at radius 2 is 1.86 bits per heavy atom.